The number of terminal acetylenes is 1. The Balaban J connectivity index is 1.51. The van der Waals surface area contributed by atoms with E-state index in [0.29, 0.717) is 19.4 Å². The van der Waals surface area contributed by atoms with Gasteiger partial charge in [0, 0.05) is 25.1 Å². The molecular formula is C19H21N3O2. The number of carbonyl (C=O) groups excluding carboxylic acids is 1. The molecule has 1 aliphatic heterocycles. The van der Waals surface area contributed by atoms with Crippen molar-refractivity contribution in [1.29, 1.82) is 0 Å². The van der Waals surface area contributed by atoms with Crippen molar-refractivity contribution in [3.05, 3.63) is 48.3 Å². The third-order valence-corrected chi connectivity index (χ3v) is 4.23. The minimum absolute atomic E-state index is 0.0303. The molecule has 0 spiro atoms. The number of nitrogens with one attached hydrogen (secondary N) is 1. The molecule has 124 valence electrons. The molecule has 0 aliphatic carbocycles. The van der Waals surface area contributed by atoms with Gasteiger partial charge in [0.25, 0.3) is 0 Å². The van der Waals surface area contributed by atoms with Gasteiger partial charge in [0.05, 0.1) is 24.5 Å². The van der Waals surface area contributed by atoms with Gasteiger partial charge in [-0.05, 0) is 30.5 Å². The zero-order chi connectivity index (χ0) is 16.8. The Labute approximate surface area is 142 Å². The lowest BCUT2D eigenvalue weighted by Gasteiger charge is -2.18. The number of rotatable bonds is 6. The second-order valence-corrected chi connectivity index (χ2v) is 5.96. The van der Waals surface area contributed by atoms with E-state index in [1.807, 2.05) is 41.2 Å². The SMILES string of the molecule is C#C[C@H](NC(=O)CCc1cnn(-c2ccccc2)c1)[C@H]1CCOC1. The van der Waals surface area contributed by atoms with Gasteiger partial charge in [0.1, 0.15) is 0 Å². The van der Waals surface area contributed by atoms with Crippen LogP contribution in [0.25, 0.3) is 5.69 Å². The Hall–Kier alpha value is -2.58. The summed E-state index contributed by atoms with van der Waals surface area (Å²) >= 11 is 0. The first-order chi connectivity index (χ1) is 11.8. The molecule has 1 aromatic heterocycles. The molecule has 1 fully saturated rings. The fraction of sp³-hybridized carbons (Fsp3) is 0.368. The highest BCUT2D eigenvalue weighted by molar-refractivity contribution is 5.77. The lowest BCUT2D eigenvalue weighted by Crippen LogP contribution is -2.39. The molecule has 0 bridgehead atoms. The van der Waals surface area contributed by atoms with Gasteiger partial charge in [-0.1, -0.05) is 24.1 Å². The Kier molecular flexibility index (Phi) is 5.29. The molecule has 0 unspecified atom stereocenters. The zero-order valence-electron chi connectivity index (χ0n) is 13.5. The van der Waals surface area contributed by atoms with Crippen LogP contribution >= 0.6 is 0 Å². The van der Waals surface area contributed by atoms with Crippen LogP contribution in [0.4, 0.5) is 0 Å². The van der Waals surface area contributed by atoms with E-state index < -0.39 is 0 Å². The standard InChI is InChI=1S/C19H21N3O2/c1-2-18(16-10-11-24-14-16)21-19(23)9-8-15-12-20-22(13-15)17-6-4-3-5-7-17/h1,3-7,12-13,16,18H,8-11,14H2,(H,21,23)/t16-,18-/m0/s1. The first kappa shape index (κ1) is 16.3. The van der Waals surface area contributed by atoms with Gasteiger partial charge >= 0.3 is 0 Å². The topological polar surface area (TPSA) is 56.2 Å². The lowest BCUT2D eigenvalue weighted by molar-refractivity contribution is -0.121. The van der Waals surface area contributed by atoms with Crippen molar-refractivity contribution in [2.75, 3.05) is 13.2 Å². The van der Waals surface area contributed by atoms with Crippen molar-refractivity contribution < 1.29 is 9.53 Å². The maximum Gasteiger partial charge on any atom is 0.221 e. The van der Waals surface area contributed by atoms with Gasteiger partial charge in [0.15, 0.2) is 0 Å². The molecule has 2 atom stereocenters. The number of aromatic nitrogens is 2. The highest BCUT2D eigenvalue weighted by Gasteiger charge is 2.25. The van der Waals surface area contributed by atoms with E-state index in [2.05, 4.69) is 16.3 Å². The van der Waals surface area contributed by atoms with E-state index in [9.17, 15) is 4.79 Å². The molecule has 5 heteroatoms. The van der Waals surface area contributed by atoms with Crippen molar-refractivity contribution in [2.24, 2.45) is 5.92 Å². The normalized spacial score (nSPS) is 18.0. The van der Waals surface area contributed by atoms with Crippen molar-refractivity contribution in [1.82, 2.24) is 15.1 Å². The van der Waals surface area contributed by atoms with Crippen LogP contribution in [-0.2, 0) is 16.0 Å². The van der Waals surface area contributed by atoms with Crippen LogP contribution in [0.3, 0.4) is 0 Å². The van der Waals surface area contributed by atoms with E-state index in [-0.39, 0.29) is 17.9 Å². The van der Waals surface area contributed by atoms with Crippen LogP contribution in [-0.4, -0.2) is 34.9 Å². The third-order valence-electron chi connectivity index (χ3n) is 4.23. The molecule has 5 nitrogen and oxygen atoms in total. The summed E-state index contributed by atoms with van der Waals surface area (Å²) in [7, 11) is 0. The number of hydrogen-bond donors (Lipinski definition) is 1. The second-order valence-electron chi connectivity index (χ2n) is 5.96. The van der Waals surface area contributed by atoms with Gasteiger partial charge < -0.3 is 10.1 Å². The van der Waals surface area contributed by atoms with Crippen LogP contribution in [0.5, 0.6) is 0 Å². The molecule has 1 N–H and O–H groups in total. The van der Waals surface area contributed by atoms with Crippen molar-refractivity contribution in [2.45, 2.75) is 25.3 Å². The Morgan fingerprint density at radius 3 is 3.00 bits per heavy atom. The average Bonchev–Trinajstić information content (AvgIpc) is 3.30. The summed E-state index contributed by atoms with van der Waals surface area (Å²) in [4.78, 5) is 12.1. The summed E-state index contributed by atoms with van der Waals surface area (Å²) in [5.41, 5.74) is 2.03. The summed E-state index contributed by atoms with van der Waals surface area (Å²) in [6.45, 7) is 1.34. The molecule has 1 saturated heterocycles. The Morgan fingerprint density at radius 1 is 1.46 bits per heavy atom. The van der Waals surface area contributed by atoms with Crippen LogP contribution < -0.4 is 5.32 Å². The Morgan fingerprint density at radius 2 is 2.29 bits per heavy atom. The molecular weight excluding hydrogens is 302 g/mol. The maximum atomic E-state index is 12.1. The first-order valence-electron chi connectivity index (χ1n) is 8.18. The fourth-order valence-electron chi connectivity index (χ4n) is 2.83. The van der Waals surface area contributed by atoms with Gasteiger partial charge in [-0.15, -0.1) is 6.42 Å². The van der Waals surface area contributed by atoms with Gasteiger partial charge in [-0.2, -0.15) is 5.10 Å². The molecule has 3 rings (SSSR count). The molecule has 0 saturated carbocycles. The summed E-state index contributed by atoms with van der Waals surface area (Å²) in [5, 5.41) is 7.28. The van der Waals surface area contributed by atoms with Crippen LogP contribution in [0.1, 0.15) is 18.4 Å². The number of para-hydroxylation sites is 1. The van der Waals surface area contributed by atoms with Crippen molar-refractivity contribution >= 4 is 5.91 Å². The van der Waals surface area contributed by atoms with Gasteiger partial charge in [0.2, 0.25) is 5.91 Å². The van der Waals surface area contributed by atoms with E-state index in [4.69, 9.17) is 11.2 Å². The van der Waals surface area contributed by atoms with Gasteiger partial charge in [-0.25, -0.2) is 4.68 Å². The predicted molar refractivity (Wildman–Crippen MR) is 91.6 cm³/mol. The summed E-state index contributed by atoms with van der Waals surface area (Å²) in [6, 6.07) is 9.64. The molecule has 2 aromatic rings. The largest absolute Gasteiger partial charge is 0.381 e. The van der Waals surface area contributed by atoms with Crippen LogP contribution in [0.15, 0.2) is 42.7 Å². The highest BCUT2D eigenvalue weighted by atomic mass is 16.5. The quantitative estimate of drug-likeness (QED) is 0.827. The van der Waals surface area contributed by atoms with Crippen molar-refractivity contribution in [3.63, 3.8) is 0 Å². The van der Waals surface area contributed by atoms with Crippen molar-refractivity contribution in [3.8, 4) is 18.0 Å². The van der Waals surface area contributed by atoms with E-state index in [1.165, 1.54) is 0 Å². The second kappa shape index (κ2) is 7.80. The number of benzene rings is 1. The van der Waals surface area contributed by atoms with E-state index in [0.717, 1.165) is 24.3 Å². The smallest absolute Gasteiger partial charge is 0.221 e. The molecule has 24 heavy (non-hydrogen) atoms. The molecule has 0 radical (unpaired) electrons. The average molecular weight is 323 g/mol. The minimum Gasteiger partial charge on any atom is -0.381 e. The number of aryl methyl sites for hydroxylation is 1. The van der Waals surface area contributed by atoms with E-state index >= 15 is 0 Å². The minimum atomic E-state index is -0.243. The molecule has 1 aromatic carbocycles. The summed E-state index contributed by atoms with van der Waals surface area (Å²) < 4.78 is 7.15. The van der Waals surface area contributed by atoms with Crippen LogP contribution in [0.2, 0.25) is 0 Å². The number of hydrogen-bond acceptors (Lipinski definition) is 3. The molecule has 2 heterocycles. The lowest BCUT2D eigenvalue weighted by atomic mass is 9.99. The fourth-order valence-corrected chi connectivity index (χ4v) is 2.83. The Bertz CT molecular complexity index is 712. The zero-order valence-corrected chi connectivity index (χ0v) is 13.5. The number of nitrogens with zero attached hydrogens (tertiary/aromatic N) is 2. The monoisotopic (exact) mass is 323 g/mol. The van der Waals surface area contributed by atoms with Gasteiger partial charge in [-0.3, -0.25) is 4.79 Å². The number of ether oxygens (including phenoxy) is 1. The maximum absolute atomic E-state index is 12.1. The summed E-state index contributed by atoms with van der Waals surface area (Å²) in [5.74, 6) is 2.86. The third kappa shape index (κ3) is 4.03. The predicted octanol–water partition coefficient (Wildman–Crippen LogP) is 1.96. The number of amides is 1. The van der Waals surface area contributed by atoms with E-state index in [1.54, 1.807) is 6.20 Å². The summed E-state index contributed by atoms with van der Waals surface area (Å²) in [6.07, 6.45) is 11.2. The number of carbonyl (C=O) groups is 1. The van der Waals surface area contributed by atoms with Crippen LogP contribution in [0, 0.1) is 18.3 Å². The molecule has 1 aliphatic rings. The highest BCUT2D eigenvalue weighted by Crippen LogP contribution is 2.16. The molecule has 1 amide bonds. The first-order valence-corrected chi connectivity index (χ1v) is 8.18.